The molecule has 1 atom stereocenters. The van der Waals surface area contributed by atoms with Gasteiger partial charge in [0.1, 0.15) is 0 Å². The summed E-state index contributed by atoms with van der Waals surface area (Å²) in [7, 11) is 2.22. The Balaban J connectivity index is 2.03. The van der Waals surface area contributed by atoms with Crippen molar-refractivity contribution in [3.05, 3.63) is 36.0 Å². The van der Waals surface area contributed by atoms with Gasteiger partial charge < -0.3 is 4.98 Å². The van der Waals surface area contributed by atoms with E-state index in [0.29, 0.717) is 6.04 Å². The summed E-state index contributed by atoms with van der Waals surface area (Å²) in [4.78, 5) is 5.69. The van der Waals surface area contributed by atoms with Gasteiger partial charge in [-0.1, -0.05) is 6.07 Å². The number of fused-ring (bicyclic) bond motifs is 1. The number of likely N-dealkylation sites (tertiary alicyclic amines) is 1. The first-order chi connectivity index (χ1) is 7.34. The van der Waals surface area contributed by atoms with Crippen LogP contribution in [-0.4, -0.2) is 23.5 Å². The molecule has 15 heavy (non-hydrogen) atoms. The van der Waals surface area contributed by atoms with Crippen molar-refractivity contribution in [3.63, 3.8) is 0 Å². The van der Waals surface area contributed by atoms with Gasteiger partial charge in [-0.25, -0.2) is 0 Å². The van der Waals surface area contributed by atoms with E-state index in [2.05, 4.69) is 41.2 Å². The van der Waals surface area contributed by atoms with Gasteiger partial charge in [-0.15, -0.1) is 0 Å². The summed E-state index contributed by atoms with van der Waals surface area (Å²) < 4.78 is 0. The van der Waals surface area contributed by atoms with Crippen molar-refractivity contribution in [2.24, 2.45) is 0 Å². The van der Waals surface area contributed by atoms with Gasteiger partial charge >= 0.3 is 0 Å². The number of aromatic amines is 1. The van der Waals surface area contributed by atoms with Gasteiger partial charge in [-0.05, 0) is 55.6 Å². The minimum Gasteiger partial charge on any atom is -0.361 e. The summed E-state index contributed by atoms with van der Waals surface area (Å²) in [5, 5.41) is 1.33. The molecule has 0 saturated carbocycles. The molecule has 78 valence electrons. The van der Waals surface area contributed by atoms with Gasteiger partial charge in [0.15, 0.2) is 0 Å². The average molecular weight is 200 g/mol. The third kappa shape index (κ3) is 1.45. The predicted octanol–water partition coefficient (Wildman–Crippen LogP) is 2.93. The largest absolute Gasteiger partial charge is 0.361 e. The Labute approximate surface area is 89.9 Å². The molecule has 2 heterocycles. The summed E-state index contributed by atoms with van der Waals surface area (Å²) in [5.41, 5.74) is 2.70. The Morgan fingerprint density at radius 1 is 1.33 bits per heavy atom. The van der Waals surface area contributed by atoms with Crippen molar-refractivity contribution < 1.29 is 0 Å². The van der Waals surface area contributed by atoms with E-state index in [4.69, 9.17) is 0 Å². The molecule has 0 bridgehead atoms. The summed E-state index contributed by atoms with van der Waals surface area (Å²) in [6.45, 7) is 1.23. The predicted molar refractivity (Wildman–Crippen MR) is 62.9 cm³/mol. The lowest BCUT2D eigenvalue weighted by atomic mass is 10.0. The minimum absolute atomic E-state index is 0.629. The molecule has 1 aliphatic heterocycles. The highest BCUT2D eigenvalue weighted by Crippen LogP contribution is 2.31. The number of hydrogen-bond acceptors (Lipinski definition) is 1. The van der Waals surface area contributed by atoms with Gasteiger partial charge in [0.05, 0.1) is 0 Å². The van der Waals surface area contributed by atoms with Gasteiger partial charge in [0.25, 0.3) is 0 Å². The molecule has 3 rings (SSSR count). The molecule has 1 aromatic heterocycles. The van der Waals surface area contributed by atoms with Gasteiger partial charge in [0.2, 0.25) is 0 Å². The quantitative estimate of drug-likeness (QED) is 0.750. The zero-order valence-electron chi connectivity index (χ0n) is 9.03. The van der Waals surface area contributed by atoms with Crippen LogP contribution in [0.4, 0.5) is 0 Å². The van der Waals surface area contributed by atoms with Gasteiger partial charge in [-0.3, -0.25) is 4.90 Å². The number of rotatable bonds is 1. The maximum absolute atomic E-state index is 3.23. The fraction of sp³-hybridized carbons (Fsp3) is 0.385. The molecular formula is C13H16N2. The normalized spacial score (nSPS) is 22.6. The van der Waals surface area contributed by atoms with Crippen molar-refractivity contribution in [1.29, 1.82) is 0 Å². The number of nitrogens with zero attached hydrogens (tertiary/aromatic N) is 1. The third-order valence-electron chi connectivity index (χ3n) is 3.48. The first-order valence-corrected chi connectivity index (χ1v) is 5.62. The van der Waals surface area contributed by atoms with E-state index < -0.39 is 0 Å². The second-order valence-corrected chi connectivity index (χ2v) is 4.46. The molecule has 0 aliphatic carbocycles. The molecule has 0 amide bonds. The van der Waals surface area contributed by atoms with E-state index in [9.17, 15) is 0 Å². The zero-order valence-corrected chi connectivity index (χ0v) is 9.03. The van der Waals surface area contributed by atoms with Crippen molar-refractivity contribution >= 4 is 10.9 Å². The van der Waals surface area contributed by atoms with Crippen molar-refractivity contribution in [2.45, 2.75) is 18.9 Å². The smallest absolute Gasteiger partial charge is 0.0454 e. The number of nitrogens with one attached hydrogen (secondary N) is 1. The van der Waals surface area contributed by atoms with Crippen LogP contribution in [-0.2, 0) is 0 Å². The number of benzene rings is 1. The summed E-state index contributed by atoms with van der Waals surface area (Å²) in [5.74, 6) is 0. The lowest BCUT2D eigenvalue weighted by molar-refractivity contribution is 0.317. The molecule has 2 nitrogen and oxygen atoms in total. The van der Waals surface area contributed by atoms with Crippen LogP contribution in [0.25, 0.3) is 10.9 Å². The number of aromatic nitrogens is 1. The van der Waals surface area contributed by atoms with Gasteiger partial charge in [-0.2, -0.15) is 0 Å². The first kappa shape index (κ1) is 8.98. The Morgan fingerprint density at radius 2 is 2.27 bits per heavy atom. The van der Waals surface area contributed by atoms with Crippen LogP contribution >= 0.6 is 0 Å². The second-order valence-electron chi connectivity index (χ2n) is 4.46. The number of hydrogen-bond donors (Lipinski definition) is 1. The van der Waals surface area contributed by atoms with Crippen LogP contribution in [0.3, 0.4) is 0 Å². The topological polar surface area (TPSA) is 19.0 Å². The summed E-state index contributed by atoms with van der Waals surface area (Å²) in [6, 6.07) is 9.54. The maximum Gasteiger partial charge on any atom is 0.0454 e. The van der Waals surface area contributed by atoms with Crippen LogP contribution in [0, 0.1) is 0 Å². The molecule has 1 aromatic carbocycles. The van der Waals surface area contributed by atoms with Crippen LogP contribution in [0.15, 0.2) is 30.5 Å². The Morgan fingerprint density at radius 3 is 3.07 bits per heavy atom. The Kier molecular flexibility index (Phi) is 2.03. The van der Waals surface area contributed by atoms with E-state index in [-0.39, 0.29) is 0 Å². The Hall–Kier alpha value is -1.28. The summed E-state index contributed by atoms with van der Waals surface area (Å²) in [6.07, 6.45) is 4.63. The fourth-order valence-electron chi connectivity index (χ4n) is 2.61. The van der Waals surface area contributed by atoms with E-state index in [1.54, 1.807) is 0 Å². The first-order valence-electron chi connectivity index (χ1n) is 5.62. The summed E-state index contributed by atoms with van der Waals surface area (Å²) >= 11 is 0. The van der Waals surface area contributed by atoms with Gasteiger partial charge in [0, 0.05) is 17.8 Å². The Bertz CT molecular complexity index is 472. The highest BCUT2D eigenvalue weighted by atomic mass is 15.1. The highest BCUT2D eigenvalue weighted by molar-refractivity contribution is 5.80. The monoisotopic (exact) mass is 200 g/mol. The molecule has 0 spiro atoms. The second kappa shape index (κ2) is 3.38. The SMILES string of the molecule is CN1CCC[C@H]1c1ccc2[nH]ccc2c1. The van der Waals surface area contributed by atoms with Crippen LogP contribution in [0.2, 0.25) is 0 Å². The van der Waals surface area contributed by atoms with E-state index in [0.717, 1.165) is 0 Å². The molecule has 0 unspecified atom stereocenters. The maximum atomic E-state index is 3.23. The van der Waals surface area contributed by atoms with E-state index in [1.165, 1.54) is 35.9 Å². The molecule has 2 heteroatoms. The van der Waals surface area contributed by atoms with E-state index >= 15 is 0 Å². The van der Waals surface area contributed by atoms with E-state index in [1.807, 2.05) is 6.20 Å². The van der Waals surface area contributed by atoms with Crippen molar-refractivity contribution in [3.8, 4) is 0 Å². The standard InChI is InChI=1S/C13H16N2/c1-15-8-2-3-13(15)11-4-5-12-10(9-11)6-7-14-12/h4-7,9,13-14H,2-3,8H2,1H3/t13-/m0/s1. The molecule has 1 N–H and O–H groups in total. The fourth-order valence-corrected chi connectivity index (χ4v) is 2.61. The van der Waals surface area contributed by atoms with Crippen LogP contribution in [0.5, 0.6) is 0 Å². The molecule has 1 fully saturated rings. The molecule has 2 aromatic rings. The molecular weight excluding hydrogens is 184 g/mol. The molecule has 1 aliphatic rings. The van der Waals surface area contributed by atoms with Crippen molar-refractivity contribution in [2.75, 3.05) is 13.6 Å². The van der Waals surface area contributed by atoms with Crippen LogP contribution < -0.4 is 0 Å². The lowest BCUT2D eigenvalue weighted by Gasteiger charge is -2.19. The average Bonchev–Trinajstić information content (AvgIpc) is 2.84. The number of H-pyrrole nitrogens is 1. The molecule has 1 saturated heterocycles. The lowest BCUT2D eigenvalue weighted by Crippen LogP contribution is -2.17. The highest BCUT2D eigenvalue weighted by Gasteiger charge is 2.22. The van der Waals surface area contributed by atoms with Crippen LogP contribution in [0.1, 0.15) is 24.4 Å². The molecule has 0 radical (unpaired) electrons. The third-order valence-corrected chi connectivity index (χ3v) is 3.48. The zero-order chi connectivity index (χ0) is 10.3. The minimum atomic E-state index is 0.629. The van der Waals surface area contributed by atoms with Crippen molar-refractivity contribution in [1.82, 2.24) is 9.88 Å².